The third kappa shape index (κ3) is 4.44. The lowest BCUT2D eigenvalue weighted by molar-refractivity contribution is -0.384. The Hall–Kier alpha value is -1.76. The van der Waals surface area contributed by atoms with Crippen LogP contribution in [0.5, 0.6) is 0 Å². The molecule has 0 saturated heterocycles. The van der Waals surface area contributed by atoms with Crippen LogP contribution in [-0.2, 0) is 0 Å². The largest absolute Gasteiger partial charge is 0.478 e. The van der Waals surface area contributed by atoms with Crippen LogP contribution in [0.4, 0.5) is 11.4 Å². The summed E-state index contributed by atoms with van der Waals surface area (Å²) < 4.78 is 0. The predicted octanol–water partition coefficient (Wildman–Crippen LogP) is 2.85. The number of rotatable bonds is 7. The second-order valence-corrected chi connectivity index (χ2v) is 5.33. The maximum atomic E-state index is 10.9. The molecule has 0 aliphatic rings. The van der Waals surface area contributed by atoms with Gasteiger partial charge in [0.1, 0.15) is 5.69 Å². The Kier molecular flexibility index (Phi) is 5.62. The van der Waals surface area contributed by atoms with Crippen molar-refractivity contribution in [3.05, 3.63) is 33.9 Å². The van der Waals surface area contributed by atoms with Crippen molar-refractivity contribution in [2.45, 2.75) is 18.6 Å². The Morgan fingerprint density at radius 2 is 2.26 bits per heavy atom. The maximum Gasteiger partial charge on any atom is 0.335 e. The van der Waals surface area contributed by atoms with Crippen molar-refractivity contribution in [3.8, 4) is 0 Å². The van der Waals surface area contributed by atoms with Gasteiger partial charge in [0.2, 0.25) is 0 Å². The summed E-state index contributed by atoms with van der Waals surface area (Å²) in [5.41, 5.74) is 0.172. The summed E-state index contributed by atoms with van der Waals surface area (Å²) in [6, 6.07) is 3.74. The van der Waals surface area contributed by atoms with Gasteiger partial charge in [0, 0.05) is 17.9 Å². The topological polar surface area (TPSA) is 92.5 Å². The Bertz CT molecular complexity index is 479. The van der Waals surface area contributed by atoms with Gasteiger partial charge in [0.05, 0.1) is 10.5 Å². The molecule has 0 spiro atoms. The van der Waals surface area contributed by atoms with Gasteiger partial charge in [0.25, 0.3) is 5.69 Å². The standard InChI is InChI=1S/C12H16N2O4S/c1-8(19-2)5-6-13-10-7-9(12(15)16)3-4-11(10)14(17)18/h3-4,7-8,13H,5-6H2,1-2H3,(H,15,16). The highest BCUT2D eigenvalue weighted by Crippen LogP contribution is 2.25. The van der Waals surface area contributed by atoms with Gasteiger partial charge in [0.15, 0.2) is 0 Å². The Morgan fingerprint density at radius 3 is 2.79 bits per heavy atom. The maximum absolute atomic E-state index is 10.9. The highest BCUT2D eigenvalue weighted by atomic mass is 32.2. The van der Waals surface area contributed by atoms with Crippen LogP contribution in [0.1, 0.15) is 23.7 Å². The van der Waals surface area contributed by atoms with Crippen LogP contribution in [0.2, 0.25) is 0 Å². The van der Waals surface area contributed by atoms with E-state index in [1.165, 1.54) is 18.2 Å². The van der Waals surface area contributed by atoms with E-state index in [1.54, 1.807) is 11.8 Å². The minimum atomic E-state index is -1.10. The normalized spacial score (nSPS) is 11.9. The molecule has 7 heteroatoms. The van der Waals surface area contributed by atoms with Gasteiger partial charge in [-0.25, -0.2) is 4.79 Å². The zero-order chi connectivity index (χ0) is 14.4. The highest BCUT2D eigenvalue weighted by molar-refractivity contribution is 7.99. The molecule has 0 radical (unpaired) electrons. The first-order chi connectivity index (χ1) is 8.95. The molecular weight excluding hydrogens is 268 g/mol. The van der Waals surface area contributed by atoms with Crippen LogP contribution in [0.15, 0.2) is 18.2 Å². The molecule has 0 bridgehead atoms. The molecule has 6 nitrogen and oxygen atoms in total. The fourth-order valence-electron chi connectivity index (χ4n) is 1.50. The Morgan fingerprint density at radius 1 is 1.58 bits per heavy atom. The minimum absolute atomic E-state index is 0.0333. The average molecular weight is 284 g/mol. The number of benzene rings is 1. The van der Waals surface area contributed by atoms with Crippen LogP contribution < -0.4 is 5.32 Å². The van der Waals surface area contributed by atoms with Gasteiger partial charge < -0.3 is 10.4 Å². The molecule has 0 aliphatic carbocycles. The molecule has 1 aromatic carbocycles. The number of anilines is 1. The molecule has 0 saturated carbocycles. The lowest BCUT2D eigenvalue weighted by atomic mass is 10.1. The molecule has 1 aromatic rings. The fourth-order valence-corrected chi connectivity index (χ4v) is 1.85. The quantitative estimate of drug-likeness (QED) is 0.591. The summed E-state index contributed by atoms with van der Waals surface area (Å²) in [5, 5.41) is 23.1. The van der Waals surface area contributed by atoms with E-state index in [2.05, 4.69) is 12.2 Å². The summed E-state index contributed by atoms with van der Waals surface area (Å²) in [4.78, 5) is 21.2. The number of hydrogen-bond donors (Lipinski definition) is 2. The lowest BCUT2D eigenvalue weighted by Gasteiger charge is -2.11. The smallest absolute Gasteiger partial charge is 0.335 e. The van der Waals surface area contributed by atoms with Crippen LogP contribution in [0.3, 0.4) is 0 Å². The van der Waals surface area contributed by atoms with Crippen LogP contribution in [0.25, 0.3) is 0 Å². The van der Waals surface area contributed by atoms with Crippen molar-refractivity contribution in [3.63, 3.8) is 0 Å². The molecule has 104 valence electrons. The van der Waals surface area contributed by atoms with E-state index in [0.717, 1.165) is 6.42 Å². The first kappa shape index (κ1) is 15.3. The average Bonchev–Trinajstić information content (AvgIpc) is 2.37. The molecular formula is C12H16N2O4S. The Labute approximate surface area is 115 Å². The van der Waals surface area contributed by atoms with Gasteiger partial charge in [-0.2, -0.15) is 11.8 Å². The number of nitrogens with one attached hydrogen (secondary N) is 1. The minimum Gasteiger partial charge on any atom is -0.478 e. The molecule has 0 aliphatic heterocycles. The first-order valence-electron chi connectivity index (χ1n) is 5.74. The second-order valence-electron chi connectivity index (χ2n) is 4.06. The summed E-state index contributed by atoms with van der Waals surface area (Å²) in [5.74, 6) is -1.10. The molecule has 0 fully saturated rings. The van der Waals surface area contributed by atoms with Gasteiger partial charge >= 0.3 is 5.97 Å². The molecule has 0 heterocycles. The molecule has 2 N–H and O–H groups in total. The number of nitro benzene ring substituents is 1. The van der Waals surface area contributed by atoms with Crippen LogP contribution >= 0.6 is 11.8 Å². The second kappa shape index (κ2) is 6.98. The van der Waals surface area contributed by atoms with Crippen LogP contribution in [0, 0.1) is 10.1 Å². The monoisotopic (exact) mass is 284 g/mol. The number of carboxylic acid groups (broad SMARTS) is 1. The van der Waals surface area contributed by atoms with Crippen molar-refractivity contribution < 1.29 is 14.8 Å². The molecule has 19 heavy (non-hydrogen) atoms. The summed E-state index contributed by atoms with van der Waals surface area (Å²) in [6.07, 6.45) is 2.84. The number of thioether (sulfide) groups is 1. The van der Waals surface area contributed by atoms with E-state index < -0.39 is 10.9 Å². The van der Waals surface area contributed by atoms with Gasteiger partial charge in [-0.1, -0.05) is 6.92 Å². The predicted molar refractivity (Wildman–Crippen MR) is 76.1 cm³/mol. The highest BCUT2D eigenvalue weighted by Gasteiger charge is 2.16. The number of nitro groups is 1. The van der Waals surface area contributed by atoms with E-state index in [-0.39, 0.29) is 16.9 Å². The number of hydrogen-bond acceptors (Lipinski definition) is 5. The molecule has 0 aromatic heterocycles. The van der Waals surface area contributed by atoms with Crippen molar-refractivity contribution in [2.75, 3.05) is 18.1 Å². The fraction of sp³-hybridized carbons (Fsp3) is 0.417. The summed E-state index contributed by atoms with van der Waals surface area (Å²) >= 11 is 1.71. The number of nitrogens with zero attached hydrogens (tertiary/aromatic N) is 1. The Balaban J connectivity index is 2.85. The van der Waals surface area contributed by atoms with E-state index in [9.17, 15) is 14.9 Å². The first-order valence-corrected chi connectivity index (χ1v) is 7.03. The molecule has 0 amide bonds. The van der Waals surface area contributed by atoms with Gasteiger partial charge in [-0.15, -0.1) is 0 Å². The van der Waals surface area contributed by atoms with Crippen molar-refractivity contribution >= 4 is 29.1 Å². The molecule has 1 unspecified atom stereocenters. The number of carbonyl (C=O) groups is 1. The van der Waals surface area contributed by atoms with Crippen molar-refractivity contribution in [2.24, 2.45) is 0 Å². The SMILES string of the molecule is CSC(C)CCNc1cc(C(=O)O)ccc1[N+](=O)[O-]. The van der Waals surface area contributed by atoms with Crippen LogP contribution in [-0.4, -0.2) is 34.0 Å². The lowest BCUT2D eigenvalue weighted by Crippen LogP contribution is -2.10. The summed E-state index contributed by atoms with van der Waals surface area (Å²) in [6.45, 7) is 2.63. The van der Waals surface area contributed by atoms with E-state index in [1.807, 2.05) is 6.26 Å². The third-order valence-corrected chi connectivity index (χ3v) is 3.75. The van der Waals surface area contributed by atoms with E-state index in [4.69, 9.17) is 5.11 Å². The third-order valence-electron chi connectivity index (χ3n) is 2.71. The number of aromatic carboxylic acids is 1. The van der Waals surface area contributed by atoms with Gasteiger partial charge in [-0.3, -0.25) is 10.1 Å². The number of carboxylic acids is 1. The zero-order valence-corrected chi connectivity index (χ0v) is 11.6. The zero-order valence-electron chi connectivity index (χ0n) is 10.8. The molecule has 1 atom stereocenters. The summed E-state index contributed by atoms with van der Waals surface area (Å²) in [7, 11) is 0. The van der Waals surface area contributed by atoms with Crippen molar-refractivity contribution in [1.82, 2.24) is 0 Å². The molecule has 1 rings (SSSR count). The van der Waals surface area contributed by atoms with E-state index >= 15 is 0 Å². The van der Waals surface area contributed by atoms with Crippen molar-refractivity contribution in [1.29, 1.82) is 0 Å². The van der Waals surface area contributed by atoms with E-state index in [0.29, 0.717) is 11.8 Å². The van der Waals surface area contributed by atoms with Gasteiger partial charge in [-0.05, 0) is 24.8 Å².